The molecule has 3 heteroatoms. The average Bonchev–Trinajstić information content (AvgIpc) is 2.34. The molecule has 0 amide bonds. The molecule has 0 radical (unpaired) electrons. The summed E-state index contributed by atoms with van der Waals surface area (Å²) in [6.45, 7) is 4.05. The maximum atomic E-state index is 4.11. The third-order valence-corrected chi connectivity index (χ3v) is 1.84. The second kappa shape index (κ2) is 2.05. The zero-order chi connectivity index (χ0) is 7.84. The Morgan fingerprint density at radius 1 is 1.36 bits per heavy atom. The van der Waals surface area contributed by atoms with Gasteiger partial charge < -0.3 is 0 Å². The highest BCUT2D eigenvalue weighted by molar-refractivity contribution is 5.57. The van der Waals surface area contributed by atoms with Crippen LogP contribution in [0.2, 0.25) is 0 Å². The Morgan fingerprint density at radius 2 is 2.18 bits per heavy atom. The molecule has 3 nitrogen and oxygen atoms in total. The lowest BCUT2D eigenvalue weighted by Gasteiger charge is -1.96. The van der Waals surface area contributed by atoms with E-state index >= 15 is 0 Å². The summed E-state index contributed by atoms with van der Waals surface area (Å²) >= 11 is 0. The second-order valence-corrected chi connectivity index (χ2v) is 2.64. The molecule has 0 N–H and O–H groups in total. The Morgan fingerprint density at radius 3 is 2.91 bits per heavy atom. The van der Waals surface area contributed by atoms with Crippen LogP contribution in [0.5, 0.6) is 0 Å². The number of rotatable bonds is 0. The fraction of sp³-hybridized carbons (Fsp3) is 0.250. The van der Waals surface area contributed by atoms with Crippen molar-refractivity contribution >= 4 is 5.52 Å². The van der Waals surface area contributed by atoms with Gasteiger partial charge in [0.05, 0.1) is 11.2 Å². The summed E-state index contributed by atoms with van der Waals surface area (Å²) in [5, 5.41) is 4.07. The molecule has 0 fully saturated rings. The largest absolute Gasteiger partial charge is 0.238 e. The van der Waals surface area contributed by atoms with Gasteiger partial charge in [-0.3, -0.25) is 0 Å². The maximum Gasteiger partial charge on any atom is 0.136 e. The average molecular weight is 147 g/mol. The van der Waals surface area contributed by atoms with Crippen molar-refractivity contribution in [3.8, 4) is 0 Å². The van der Waals surface area contributed by atoms with E-state index in [4.69, 9.17) is 0 Å². The highest BCUT2D eigenvalue weighted by Crippen LogP contribution is 2.11. The first kappa shape index (κ1) is 6.34. The lowest BCUT2D eigenvalue weighted by Crippen LogP contribution is -1.94. The second-order valence-electron chi connectivity index (χ2n) is 2.64. The Balaban J connectivity index is 2.96. The summed E-state index contributed by atoms with van der Waals surface area (Å²) < 4.78 is 1.84. The highest BCUT2D eigenvalue weighted by atomic mass is 15.2. The van der Waals surface area contributed by atoms with Crippen LogP contribution in [0.25, 0.3) is 5.52 Å². The fourth-order valence-electron chi connectivity index (χ4n) is 1.29. The Hall–Kier alpha value is -1.38. The van der Waals surface area contributed by atoms with Crippen LogP contribution in [-0.4, -0.2) is 14.6 Å². The normalized spacial score (nSPS) is 10.7. The maximum absolute atomic E-state index is 4.11. The first-order chi connectivity index (χ1) is 5.29. The highest BCUT2D eigenvalue weighted by Gasteiger charge is 2.00. The molecular weight excluding hydrogens is 138 g/mol. The Bertz CT molecular complexity index is 389. The van der Waals surface area contributed by atoms with Crippen molar-refractivity contribution in [2.75, 3.05) is 0 Å². The summed E-state index contributed by atoms with van der Waals surface area (Å²) in [5.41, 5.74) is 3.37. The smallest absolute Gasteiger partial charge is 0.136 e. The molecule has 2 aromatic rings. The van der Waals surface area contributed by atoms with Gasteiger partial charge in [0.15, 0.2) is 0 Å². The van der Waals surface area contributed by atoms with Crippen LogP contribution in [0.15, 0.2) is 18.6 Å². The SMILES string of the molecule is Cc1ccn2ncnc(C)c12. The van der Waals surface area contributed by atoms with E-state index in [0.717, 1.165) is 11.2 Å². The van der Waals surface area contributed by atoms with Crippen LogP contribution in [0.1, 0.15) is 11.3 Å². The zero-order valence-electron chi connectivity index (χ0n) is 6.57. The number of nitrogens with zero attached hydrogens (tertiary/aromatic N) is 3. The van der Waals surface area contributed by atoms with Gasteiger partial charge in [-0.15, -0.1) is 0 Å². The molecular formula is C8H9N3. The molecule has 0 aliphatic heterocycles. The molecule has 11 heavy (non-hydrogen) atoms. The van der Waals surface area contributed by atoms with E-state index in [9.17, 15) is 0 Å². The van der Waals surface area contributed by atoms with Gasteiger partial charge in [0.2, 0.25) is 0 Å². The van der Waals surface area contributed by atoms with Crippen LogP contribution >= 0.6 is 0 Å². The quantitative estimate of drug-likeness (QED) is 0.563. The number of aromatic nitrogens is 3. The number of hydrogen-bond acceptors (Lipinski definition) is 2. The van der Waals surface area contributed by atoms with E-state index < -0.39 is 0 Å². The summed E-state index contributed by atoms with van der Waals surface area (Å²) in [5.74, 6) is 0. The van der Waals surface area contributed by atoms with Crippen molar-refractivity contribution in [3.63, 3.8) is 0 Å². The van der Waals surface area contributed by atoms with Gasteiger partial charge in [0.25, 0.3) is 0 Å². The molecule has 2 aromatic heterocycles. The van der Waals surface area contributed by atoms with E-state index in [0.29, 0.717) is 0 Å². The predicted octanol–water partition coefficient (Wildman–Crippen LogP) is 1.35. The Kier molecular flexibility index (Phi) is 1.18. The predicted molar refractivity (Wildman–Crippen MR) is 42.5 cm³/mol. The molecule has 0 aliphatic carbocycles. The molecule has 0 bridgehead atoms. The van der Waals surface area contributed by atoms with Crippen LogP contribution < -0.4 is 0 Å². The van der Waals surface area contributed by atoms with Gasteiger partial charge in [0, 0.05) is 6.20 Å². The van der Waals surface area contributed by atoms with Gasteiger partial charge in [-0.05, 0) is 25.5 Å². The third kappa shape index (κ3) is 0.808. The van der Waals surface area contributed by atoms with Crippen LogP contribution in [0.3, 0.4) is 0 Å². The van der Waals surface area contributed by atoms with Crippen LogP contribution in [0.4, 0.5) is 0 Å². The standard InChI is InChI=1S/C8H9N3/c1-6-3-4-11-8(6)7(2)9-5-10-11/h3-5H,1-2H3. The third-order valence-electron chi connectivity index (χ3n) is 1.84. The molecule has 2 rings (SSSR count). The van der Waals surface area contributed by atoms with Crippen molar-refractivity contribution in [1.29, 1.82) is 0 Å². The molecule has 0 saturated carbocycles. The molecule has 56 valence electrons. The van der Waals surface area contributed by atoms with Gasteiger partial charge in [-0.25, -0.2) is 9.50 Å². The Labute approximate surface area is 64.7 Å². The first-order valence-corrected chi connectivity index (χ1v) is 3.54. The van der Waals surface area contributed by atoms with E-state index in [1.165, 1.54) is 5.56 Å². The van der Waals surface area contributed by atoms with Crippen LogP contribution in [-0.2, 0) is 0 Å². The number of aryl methyl sites for hydroxylation is 2. The van der Waals surface area contributed by atoms with Crippen molar-refractivity contribution in [2.45, 2.75) is 13.8 Å². The van der Waals surface area contributed by atoms with Gasteiger partial charge >= 0.3 is 0 Å². The fourth-order valence-corrected chi connectivity index (χ4v) is 1.29. The molecule has 0 atom stereocenters. The molecule has 0 spiro atoms. The van der Waals surface area contributed by atoms with Crippen molar-refractivity contribution in [3.05, 3.63) is 29.8 Å². The summed E-state index contributed by atoms with van der Waals surface area (Å²) in [6, 6.07) is 2.04. The summed E-state index contributed by atoms with van der Waals surface area (Å²) in [4.78, 5) is 4.11. The van der Waals surface area contributed by atoms with Crippen molar-refractivity contribution in [2.24, 2.45) is 0 Å². The molecule has 2 heterocycles. The van der Waals surface area contributed by atoms with E-state index in [2.05, 4.69) is 17.0 Å². The van der Waals surface area contributed by atoms with Gasteiger partial charge in [-0.1, -0.05) is 0 Å². The summed E-state index contributed by atoms with van der Waals surface area (Å²) in [6.07, 6.45) is 3.51. The molecule has 0 saturated heterocycles. The summed E-state index contributed by atoms with van der Waals surface area (Å²) in [7, 11) is 0. The van der Waals surface area contributed by atoms with E-state index in [-0.39, 0.29) is 0 Å². The monoisotopic (exact) mass is 147 g/mol. The zero-order valence-corrected chi connectivity index (χ0v) is 6.57. The lowest BCUT2D eigenvalue weighted by atomic mass is 10.3. The molecule has 0 aromatic carbocycles. The van der Waals surface area contributed by atoms with Gasteiger partial charge in [0.1, 0.15) is 6.33 Å². The lowest BCUT2D eigenvalue weighted by molar-refractivity contribution is 0.886. The molecule has 0 aliphatic rings. The minimum absolute atomic E-state index is 1.03. The van der Waals surface area contributed by atoms with Gasteiger partial charge in [-0.2, -0.15) is 5.10 Å². The number of fused-ring (bicyclic) bond motifs is 1. The van der Waals surface area contributed by atoms with Crippen molar-refractivity contribution < 1.29 is 0 Å². The topological polar surface area (TPSA) is 30.2 Å². The molecule has 0 unspecified atom stereocenters. The van der Waals surface area contributed by atoms with E-state index in [1.807, 2.05) is 23.7 Å². The van der Waals surface area contributed by atoms with E-state index in [1.54, 1.807) is 6.33 Å². The minimum atomic E-state index is 1.03. The first-order valence-electron chi connectivity index (χ1n) is 3.54. The van der Waals surface area contributed by atoms with Crippen LogP contribution in [0, 0.1) is 13.8 Å². The minimum Gasteiger partial charge on any atom is -0.238 e. The number of hydrogen-bond donors (Lipinski definition) is 0. The van der Waals surface area contributed by atoms with Crippen molar-refractivity contribution in [1.82, 2.24) is 14.6 Å².